The average Bonchev–Trinajstić information content (AvgIpc) is 3.53. The summed E-state index contributed by atoms with van der Waals surface area (Å²) < 4.78 is 4.15. The molecule has 188 valence electrons. The molecule has 4 aromatic rings. The fraction of sp³-hybridized carbons (Fsp3) is 0.464. The fourth-order valence-electron chi connectivity index (χ4n) is 5.59. The number of hydrogen-bond acceptors (Lipinski definition) is 5. The number of nitrogens with zero attached hydrogens (tertiary/aromatic N) is 6. The van der Waals surface area contributed by atoms with E-state index < -0.39 is 0 Å². The maximum Gasteiger partial charge on any atom is 0.329 e. The second kappa shape index (κ2) is 11.0. The minimum Gasteiger partial charge on any atom is -0.293 e. The highest BCUT2D eigenvalue weighted by molar-refractivity contribution is 5.79. The number of aromatic amines is 1. The van der Waals surface area contributed by atoms with Gasteiger partial charge in [-0.15, -0.1) is 10.2 Å². The van der Waals surface area contributed by atoms with Crippen LogP contribution in [0.3, 0.4) is 0 Å². The van der Waals surface area contributed by atoms with Gasteiger partial charge in [-0.2, -0.15) is 5.21 Å². The molecule has 1 aliphatic rings. The van der Waals surface area contributed by atoms with Gasteiger partial charge in [-0.25, -0.2) is 4.79 Å². The van der Waals surface area contributed by atoms with Crippen molar-refractivity contribution in [2.75, 3.05) is 0 Å². The highest BCUT2D eigenvalue weighted by Gasteiger charge is 2.24. The monoisotopic (exact) mass is 485 g/mol. The Labute approximate surface area is 211 Å². The molecule has 0 amide bonds. The Morgan fingerprint density at radius 3 is 2.56 bits per heavy atom. The summed E-state index contributed by atoms with van der Waals surface area (Å²) in [5, 5.41) is 14.4. The van der Waals surface area contributed by atoms with E-state index in [1.807, 2.05) is 10.6 Å². The largest absolute Gasteiger partial charge is 0.329 e. The van der Waals surface area contributed by atoms with Crippen molar-refractivity contribution < 1.29 is 0 Å². The van der Waals surface area contributed by atoms with Gasteiger partial charge in [0.05, 0.1) is 6.54 Å². The highest BCUT2D eigenvalue weighted by atomic mass is 16.1. The number of imidazole rings is 1. The van der Waals surface area contributed by atoms with E-state index in [9.17, 15) is 4.79 Å². The minimum atomic E-state index is 0.156. The quantitative estimate of drug-likeness (QED) is 0.317. The van der Waals surface area contributed by atoms with Crippen LogP contribution in [-0.2, 0) is 13.0 Å². The molecule has 3 heterocycles. The van der Waals surface area contributed by atoms with Crippen molar-refractivity contribution in [2.45, 2.75) is 84.2 Å². The summed E-state index contributed by atoms with van der Waals surface area (Å²) in [6, 6.07) is 10.7. The summed E-state index contributed by atoms with van der Waals surface area (Å²) in [6.07, 6.45) is 13.9. The number of nitrogens with one attached hydrogen (secondary N) is 1. The lowest BCUT2D eigenvalue weighted by Gasteiger charge is -2.23. The zero-order valence-corrected chi connectivity index (χ0v) is 21.3. The summed E-state index contributed by atoms with van der Waals surface area (Å²) in [5.74, 6) is 0.518. The number of aromatic nitrogens is 7. The molecule has 1 N–H and O–H groups in total. The van der Waals surface area contributed by atoms with E-state index in [-0.39, 0.29) is 5.69 Å². The second-order valence-electron chi connectivity index (χ2n) is 9.87. The Balaban J connectivity index is 1.45. The van der Waals surface area contributed by atoms with Crippen LogP contribution in [0, 0.1) is 6.92 Å². The number of pyridine rings is 1. The molecule has 1 fully saturated rings. The third-order valence-electron chi connectivity index (χ3n) is 7.51. The molecule has 36 heavy (non-hydrogen) atoms. The zero-order valence-electron chi connectivity index (χ0n) is 21.3. The first-order valence-corrected chi connectivity index (χ1v) is 13.2. The van der Waals surface area contributed by atoms with Crippen LogP contribution in [0.15, 0.2) is 47.5 Å². The number of rotatable bonds is 9. The molecule has 3 aromatic heterocycles. The van der Waals surface area contributed by atoms with E-state index in [0.717, 1.165) is 47.9 Å². The van der Waals surface area contributed by atoms with Crippen molar-refractivity contribution in [3.8, 4) is 22.5 Å². The SMILES string of the molecule is CCCCCc1c(C)n(C2CCCCC2)c(=O)n1Cc1ccc(-c2ccncc2-c2nn[nH]n2)cc1. The molecular formula is C28H35N7O. The van der Waals surface area contributed by atoms with Crippen LogP contribution in [-0.4, -0.2) is 34.7 Å². The van der Waals surface area contributed by atoms with Crippen LogP contribution >= 0.6 is 0 Å². The first-order chi connectivity index (χ1) is 17.7. The molecule has 0 saturated heterocycles. The molecule has 1 aromatic carbocycles. The standard InChI is InChI=1S/C28H35N7O/c1-3-4-6-11-26-20(2)35(23-9-7-5-8-10-23)28(36)34(26)19-21-12-14-22(15-13-21)24-16-17-29-18-25(24)27-30-32-33-31-27/h12-18,23H,3-11,19H2,1-2H3,(H,30,31,32,33). The van der Waals surface area contributed by atoms with Gasteiger partial charge in [0, 0.05) is 35.4 Å². The van der Waals surface area contributed by atoms with Crippen LogP contribution in [0.5, 0.6) is 0 Å². The van der Waals surface area contributed by atoms with Crippen LogP contribution in [0.2, 0.25) is 0 Å². The Morgan fingerprint density at radius 1 is 1.03 bits per heavy atom. The lowest BCUT2D eigenvalue weighted by Crippen LogP contribution is -2.29. The van der Waals surface area contributed by atoms with E-state index >= 15 is 0 Å². The summed E-state index contributed by atoms with van der Waals surface area (Å²) in [5.41, 5.74) is 6.52. The first-order valence-electron chi connectivity index (χ1n) is 13.2. The van der Waals surface area contributed by atoms with Gasteiger partial charge in [-0.1, -0.05) is 63.3 Å². The van der Waals surface area contributed by atoms with Crippen LogP contribution in [0.4, 0.5) is 0 Å². The van der Waals surface area contributed by atoms with Gasteiger partial charge < -0.3 is 0 Å². The number of tetrazole rings is 1. The molecule has 5 rings (SSSR count). The topological polar surface area (TPSA) is 94.3 Å². The van der Waals surface area contributed by atoms with Gasteiger partial charge in [0.2, 0.25) is 5.82 Å². The first kappa shape index (κ1) is 24.2. The van der Waals surface area contributed by atoms with Gasteiger partial charge >= 0.3 is 5.69 Å². The molecule has 0 unspecified atom stereocenters. The van der Waals surface area contributed by atoms with Crippen molar-refractivity contribution in [3.05, 3.63) is 70.2 Å². The lowest BCUT2D eigenvalue weighted by molar-refractivity contribution is 0.340. The second-order valence-corrected chi connectivity index (χ2v) is 9.87. The van der Waals surface area contributed by atoms with Gasteiger partial charge in [0.15, 0.2) is 0 Å². The predicted octanol–water partition coefficient (Wildman–Crippen LogP) is 5.49. The van der Waals surface area contributed by atoms with Crippen molar-refractivity contribution in [3.63, 3.8) is 0 Å². The molecule has 0 spiro atoms. The van der Waals surface area contributed by atoms with Gasteiger partial charge in [-0.3, -0.25) is 14.1 Å². The average molecular weight is 486 g/mol. The van der Waals surface area contributed by atoms with E-state index in [4.69, 9.17) is 0 Å². The third kappa shape index (κ3) is 4.90. The van der Waals surface area contributed by atoms with Gasteiger partial charge in [0.25, 0.3) is 0 Å². The summed E-state index contributed by atoms with van der Waals surface area (Å²) in [7, 11) is 0. The third-order valence-corrected chi connectivity index (χ3v) is 7.51. The van der Waals surface area contributed by atoms with Gasteiger partial charge in [-0.05, 0) is 60.6 Å². The molecule has 0 radical (unpaired) electrons. The van der Waals surface area contributed by atoms with Crippen molar-refractivity contribution >= 4 is 0 Å². The van der Waals surface area contributed by atoms with E-state index in [0.29, 0.717) is 18.4 Å². The number of H-pyrrole nitrogens is 1. The van der Waals surface area contributed by atoms with E-state index in [1.54, 1.807) is 12.4 Å². The Kier molecular flexibility index (Phi) is 7.39. The molecule has 8 nitrogen and oxygen atoms in total. The lowest BCUT2D eigenvalue weighted by atomic mass is 9.95. The van der Waals surface area contributed by atoms with Crippen molar-refractivity contribution in [2.24, 2.45) is 0 Å². The summed E-state index contributed by atoms with van der Waals surface area (Å²) in [4.78, 5) is 17.9. The van der Waals surface area contributed by atoms with Crippen LogP contribution < -0.4 is 5.69 Å². The van der Waals surface area contributed by atoms with E-state index in [1.165, 1.54) is 43.5 Å². The van der Waals surface area contributed by atoms with Crippen molar-refractivity contribution in [1.29, 1.82) is 0 Å². The fourth-order valence-corrected chi connectivity index (χ4v) is 5.59. The normalized spacial score (nSPS) is 14.4. The minimum absolute atomic E-state index is 0.156. The number of benzene rings is 1. The zero-order chi connectivity index (χ0) is 24.9. The molecule has 0 bridgehead atoms. The maximum atomic E-state index is 13.7. The Hall–Kier alpha value is -3.55. The highest BCUT2D eigenvalue weighted by Crippen LogP contribution is 2.31. The smallest absolute Gasteiger partial charge is 0.293 e. The molecule has 8 heteroatoms. The molecular weight excluding hydrogens is 450 g/mol. The predicted molar refractivity (Wildman–Crippen MR) is 141 cm³/mol. The van der Waals surface area contributed by atoms with Gasteiger partial charge in [0.1, 0.15) is 0 Å². The summed E-state index contributed by atoms with van der Waals surface area (Å²) in [6.45, 7) is 4.97. The molecule has 1 aliphatic carbocycles. The Morgan fingerprint density at radius 2 is 1.83 bits per heavy atom. The van der Waals surface area contributed by atoms with E-state index in [2.05, 4.69) is 68.3 Å². The maximum absolute atomic E-state index is 13.7. The van der Waals surface area contributed by atoms with Crippen LogP contribution in [0.25, 0.3) is 22.5 Å². The number of hydrogen-bond donors (Lipinski definition) is 1. The number of unbranched alkanes of at least 4 members (excludes halogenated alkanes) is 2. The molecule has 0 aliphatic heterocycles. The Bertz CT molecular complexity index is 1330. The molecule has 0 atom stereocenters. The molecule has 1 saturated carbocycles. The van der Waals surface area contributed by atoms with Crippen molar-refractivity contribution in [1.82, 2.24) is 34.7 Å². The van der Waals surface area contributed by atoms with Crippen LogP contribution in [0.1, 0.15) is 81.3 Å². The summed E-state index contributed by atoms with van der Waals surface area (Å²) >= 11 is 0.